The van der Waals surface area contributed by atoms with Gasteiger partial charge in [-0.1, -0.05) is 39.5 Å². The Morgan fingerprint density at radius 3 is 2.10 bits per heavy atom. The van der Waals surface area contributed by atoms with Crippen molar-refractivity contribution in [3.63, 3.8) is 0 Å². The molecule has 1 N–H and O–H groups in total. The number of alkyl halides is 3. The average molecular weight is 411 g/mol. The Balaban J connectivity index is 2.03. The largest absolute Gasteiger partial charge is 0.494 e. The lowest BCUT2D eigenvalue weighted by molar-refractivity contribution is -0.139. The number of rotatable bonds is 12. The fourth-order valence-corrected chi connectivity index (χ4v) is 2.56. The second kappa shape index (κ2) is 11.5. The molecule has 0 bridgehead atoms. The molecule has 0 aliphatic carbocycles. The SMILES string of the molecule is CCCCCOc1ccc(Nc2ncc(C(F)(F)F)c(OCCCCC)n2)cc1. The second-order valence-corrected chi connectivity index (χ2v) is 6.67. The Labute approximate surface area is 169 Å². The van der Waals surface area contributed by atoms with Crippen molar-refractivity contribution < 1.29 is 22.6 Å². The van der Waals surface area contributed by atoms with Gasteiger partial charge in [0.1, 0.15) is 11.3 Å². The first-order valence-electron chi connectivity index (χ1n) is 10.0. The highest BCUT2D eigenvalue weighted by molar-refractivity contribution is 5.55. The molecule has 29 heavy (non-hydrogen) atoms. The van der Waals surface area contributed by atoms with Gasteiger partial charge in [-0.25, -0.2) is 4.98 Å². The van der Waals surface area contributed by atoms with Crippen molar-refractivity contribution in [1.82, 2.24) is 9.97 Å². The molecular weight excluding hydrogens is 383 g/mol. The number of hydrogen-bond acceptors (Lipinski definition) is 5. The van der Waals surface area contributed by atoms with E-state index in [1.807, 2.05) is 6.92 Å². The molecule has 0 amide bonds. The standard InChI is InChI=1S/C21H28F3N3O2/c1-3-5-7-13-28-17-11-9-16(10-12-17)26-20-25-15-18(21(22,23)24)19(27-20)29-14-8-6-4-2/h9-12,15H,3-8,13-14H2,1-2H3,(H,25,26,27). The van der Waals surface area contributed by atoms with E-state index in [-0.39, 0.29) is 12.6 Å². The molecule has 0 unspecified atom stereocenters. The summed E-state index contributed by atoms with van der Waals surface area (Å²) in [5.41, 5.74) is -0.335. The molecule has 8 heteroatoms. The maximum absolute atomic E-state index is 13.2. The molecule has 1 aromatic carbocycles. The van der Waals surface area contributed by atoms with Crippen LogP contribution in [0, 0.1) is 0 Å². The number of ether oxygens (including phenoxy) is 2. The third-order valence-corrected chi connectivity index (χ3v) is 4.17. The number of anilines is 2. The van der Waals surface area contributed by atoms with E-state index in [2.05, 4.69) is 22.2 Å². The molecule has 0 radical (unpaired) electrons. The van der Waals surface area contributed by atoms with E-state index in [9.17, 15) is 13.2 Å². The van der Waals surface area contributed by atoms with Crippen molar-refractivity contribution in [2.75, 3.05) is 18.5 Å². The number of unbranched alkanes of at least 4 members (excludes halogenated alkanes) is 4. The quantitative estimate of drug-likeness (QED) is 0.411. The summed E-state index contributed by atoms with van der Waals surface area (Å²) in [6.45, 7) is 4.97. The van der Waals surface area contributed by atoms with E-state index >= 15 is 0 Å². The van der Waals surface area contributed by atoms with Gasteiger partial charge in [-0.05, 0) is 37.1 Å². The number of hydrogen-bond donors (Lipinski definition) is 1. The highest BCUT2D eigenvalue weighted by Crippen LogP contribution is 2.35. The monoisotopic (exact) mass is 411 g/mol. The minimum absolute atomic E-state index is 0.0418. The zero-order valence-electron chi connectivity index (χ0n) is 16.9. The molecule has 0 aliphatic rings. The summed E-state index contributed by atoms with van der Waals surface area (Å²) in [5, 5.41) is 2.90. The highest BCUT2D eigenvalue weighted by atomic mass is 19.4. The summed E-state index contributed by atoms with van der Waals surface area (Å²) in [6, 6.07) is 7.11. The van der Waals surface area contributed by atoms with Crippen LogP contribution in [-0.2, 0) is 6.18 Å². The molecule has 5 nitrogen and oxygen atoms in total. The van der Waals surface area contributed by atoms with Crippen molar-refractivity contribution in [2.45, 2.75) is 58.5 Å². The van der Waals surface area contributed by atoms with Gasteiger partial charge in [-0.2, -0.15) is 18.2 Å². The van der Waals surface area contributed by atoms with Gasteiger partial charge in [-0.15, -0.1) is 0 Å². The zero-order chi connectivity index (χ0) is 21.1. The lowest BCUT2D eigenvalue weighted by atomic mass is 10.2. The topological polar surface area (TPSA) is 56.3 Å². The van der Waals surface area contributed by atoms with Gasteiger partial charge in [0, 0.05) is 11.9 Å². The number of halogens is 3. The molecule has 2 rings (SSSR count). The number of nitrogens with one attached hydrogen (secondary N) is 1. The van der Waals surface area contributed by atoms with E-state index in [4.69, 9.17) is 9.47 Å². The smallest absolute Gasteiger partial charge is 0.423 e. The van der Waals surface area contributed by atoms with Crippen molar-refractivity contribution in [3.05, 3.63) is 36.0 Å². The predicted molar refractivity (Wildman–Crippen MR) is 107 cm³/mol. The maximum Gasteiger partial charge on any atom is 0.423 e. The molecule has 1 heterocycles. The number of nitrogens with zero attached hydrogens (tertiary/aromatic N) is 2. The molecule has 160 valence electrons. The van der Waals surface area contributed by atoms with Crippen LogP contribution >= 0.6 is 0 Å². The minimum Gasteiger partial charge on any atom is -0.494 e. The molecule has 0 aliphatic heterocycles. The third kappa shape index (κ3) is 7.79. The summed E-state index contributed by atoms with van der Waals surface area (Å²) in [4.78, 5) is 7.71. The fraction of sp³-hybridized carbons (Fsp3) is 0.524. The maximum atomic E-state index is 13.2. The van der Waals surface area contributed by atoms with E-state index in [1.54, 1.807) is 24.3 Å². The van der Waals surface area contributed by atoms with Crippen molar-refractivity contribution >= 4 is 11.6 Å². The Bertz CT molecular complexity index is 737. The van der Waals surface area contributed by atoms with Crippen LogP contribution in [0.3, 0.4) is 0 Å². The molecular formula is C21H28F3N3O2. The van der Waals surface area contributed by atoms with Gasteiger partial charge in [-0.3, -0.25) is 0 Å². The van der Waals surface area contributed by atoms with Crippen LogP contribution in [0.25, 0.3) is 0 Å². The normalized spacial score (nSPS) is 11.3. The van der Waals surface area contributed by atoms with Gasteiger partial charge >= 0.3 is 6.18 Å². The van der Waals surface area contributed by atoms with E-state index < -0.39 is 17.6 Å². The molecule has 0 fully saturated rings. The molecule has 0 spiro atoms. The van der Waals surface area contributed by atoms with Gasteiger partial charge in [0.25, 0.3) is 0 Å². The Morgan fingerprint density at radius 2 is 1.52 bits per heavy atom. The summed E-state index contributed by atoms with van der Waals surface area (Å²) in [7, 11) is 0. The van der Waals surface area contributed by atoms with Crippen LogP contribution in [0.2, 0.25) is 0 Å². The van der Waals surface area contributed by atoms with Crippen LogP contribution in [0.4, 0.5) is 24.8 Å². The molecule has 0 saturated heterocycles. The van der Waals surface area contributed by atoms with Crippen LogP contribution in [0.15, 0.2) is 30.5 Å². The van der Waals surface area contributed by atoms with Crippen LogP contribution < -0.4 is 14.8 Å². The van der Waals surface area contributed by atoms with E-state index in [0.717, 1.165) is 44.1 Å². The summed E-state index contributed by atoms with van der Waals surface area (Å²) in [5.74, 6) is 0.321. The van der Waals surface area contributed by atoms with Gasteiger partial charge in [0.05, 0.1) is 13.2 Å². The van der Waals surface area contributed by atoms with Gasteiger partial charge < -0.3 is 14.8 Å². The average Bonchev–Trinajstić information content (AvgIpc) is 2.69. The zero-order valence-corrected chi connectivity index (χ0v) is 16.9. The third-order valence-electron chi connectivity index (χ3n) is 4.17. The molecule has 1 aromatic heterocycles. The van der Waals surface area contributed by atoms with E-state index in [1.165, 1.54) is 0 Å². The summed E-state index contributed by atoms with van der Waals surface area (Å²) in [6.07, 6.45) is 1.91. The Hall–Kier alpha value is -2.51. The summed E-state index contributed by atoms with van der Waals surface area (Å²) < 4.78 is 50.5. The number of benzene rings is 1. The highest BCUT2D eigenvalue weighted by Gasteiger charge is 2.36. The first-order chi connectivity index (χ1) is 13.9. The Kier molecular flexibility index (Phi) is 9.02. The lowest BCUT2D eigenvalue weighted by Crippen LogP contribution is -2.13. The summed E-state index contributed by atoms with van der Waals surface area (Å²) >= 11 is 0. The first kappa shape index (κ1) is 22.8. The van der Waals surface area contributed by atoms with Crippen molar-refractivity contribution in [2.24, 2.45) is 0 Å². The number of aromatic nitrogens is 2. The molecule has 2 aromatic rings. The molecule has 0 saturated carbocycles. The first-order valence-corrected chi connectivity index (χ1v) is 10.0. The van der Waals surface area contributed by atoms with E-state index in [0.29, 0.717) is 18.7 Å². The lowest BCUT2D eigenvalue weighted by Gasteiger charge is -2.14. The fourth-order valence-electron chi connectivity index (χ4n) is 2.56. The van der Waals surface area contributed by atoms with Crippen LogP contribution in [0.5, 0.6) is 11.6 Å². The van der Waals surface area contributed by atoms with Crippen molar-refractivity contribution in [1.29, 1.82) is 0 Å². The van der Waals surface area contributed by atoms with Gasteiger partial charge in [0.15, 0.2) is 0 Å². The predicted octanol–water partition coefficient (Wildman–Crippen LogP) is 6.38. The van der Waals surface area contributed by atoms with Gasteiger partial charge in [0.2, 0.25) is 11.8 Å². The molecule has 0 atom stereocenters. The minimum atomic E-state index is -4.57. The van der Waals surface area contributed by atoms with Crippen molar-refractivity contribution in [3.8, 4) is 11.6 Å². The second-order valence-electron chi connectivity index (χ2n) is 6.67. The van der Waals surface area contributed by atoms with Crippen LogP contribution in [-0.4, -0.2) is 23.2 Å². The Morgan fingerprint density at radius 1 is 0.897 bits per heavy atom. The van der Waals surface area contributed by atoms with Crippen LogP contribution in [0.1, 0.15) is 57.9 Å².